The maximum atomic E-state index is 12.5. The van der Waals surface area contributed by atoms with Crippen molar-refractivity contribution in [2.45, 2.75) is 45.3 Å². The fourth-order valence-corrected chi connectivity index (χ4v) is 2.97. The number of carbonyl (C=O) groups is 1. The molecule has 2 aromatic rings. The van der Waals surface area contributed by atoms with Gasteiger partial charge < -0.3 is 9.64 Å². The van der Waals surface area contributed by atoms with Gasteiger partial charge in [0.25, 0.3) is 0 Å². The van der Waals surface area contributed by atoms with Gasteiger partial charge in [0.2, 0.25) is 5.91 Å². The van der Waals surface area contributed by atoms with Crippen LogP contribution in [0.4, 0.5) is 0 Å². The van der Waals surface area contributed by atoms with E-state index in [1.54, 1.807) is 11.7 Å². The van der Waals surface area contributed by atoms with Gasteiger partial charge in [-0.25, -0.2) is 4.68 Å². The van der Waals surface area contributed by atoms with Crippen molar-refractivity contribution < 1.29 is 9.53 Å². The van der Waals surface area contributed by atoms with Gasteiger partial charge in [-0.1, -0.05) is 12.1 Å². The lowest BCUT2D eigenvalue weighted by Crippen LogP contribution is -2.42. The van der Waals surface area contributed by atoms with Gasteiger partial charge in [-0.3, -0.25) is 4.79 Å². The quantitative estimate of drug-likeness (QED) is 0.835. The maximum Gasteiger partial charge on any atom is 0.227 e. The number of hydrogen-bond acceptors (Lipinski definition) is 5. The average molecular weight is 329 g/mol. The van der Waals surface area contributed by atoms with Crippen molar-refractivity contribution in [3.05, 3.63) is 35.7 Å². The van der Waals surface area contributed by atoms with Gasteiger partial charge >= 0.3 is 0 Å². The fraction of sp³-hybridized carbons (Fsp3) is 0.529. The van der Waals surface area contributed by atoms with Crippen LogP contribution in [0, 0.1) is 0 Å². The number of amides is 1. The van der Waals surface area contributed by atoms with E-state index in [-0.39, 0.29) is 5.91 Å². The third-order valence-electron chi connectivity index (χ3n) is 4.48. The summed E-state index contributed by atoms with van der Waals surface area (Å²) in [5.74, 6) is 1.61. The first kappa shape index (κ1) is 16.4. The molecule has 1 amide bonds. The van der Waals surface area contributed by atoms with Crippen molar-refractivity contribution in [2.24, 2.45) is 7.05 Å². The second kappa shape index (κ2) is 7.42. The summed E-state index contributed by atoms with van der Waals surface area (Å²) in [5, 5.41) is 11.2. The standard InChI is InChI=1S/C17H23N5O2/c1-13-5-3-4-10-22(13)17(23)11-14-6-8-15(9-7-14)24-12-16-18-19-20-21(16)2/h6-9,13H,3-5,10-12H2,1-2H3/t13-/m1/s1. The Hall–Kier alpha value is -2.44. The Morgan fingerprint density at radius 2 is 2.08 bits per heavy atom. The number of piperidine rings is 1. The van der Waals surface area contributed by atoms with Crippen LogP contribution >= 0.6 is 0 Å². The summed E-state index contributed by atoms with van der Waals surface area (Å²) in [4.78, 5) is 14.5. The lowest BCUT2D eigenvalue weighted by atomic mass is 10.0. The summed E-state index contributed by atoms with van der Waals surface area (Å²) in [6.07, 6.45) is 3.88. The number of rotatable bonds is 5. The van der Waals surface area contributed by atoms with Crippen LogP contribution in [0.1, 0.15) is 37.6 Å². The van der Waals surface area contributed by atoms with Gasteiger partial charge in [-0.15, -0.1) is 5.10 Å². The van der Waals surface area contributed by atoms with E-state index in [2.05, 4.69) is 22.4 Å². The smallest absolute Gasteiger partial charge is 0.227 e. The summed E-state index contributed by atoms with van der Waals surface area (Å²) in [6.45, 7) is 3.33. The highest BCUT2D eigenvalue weighted by molar-refractivity contribution is 5.79. The number of carbonyl (C=O) groups excluding carboxylic acids is 1. The highest BCUT2D eigenvalue weighted by atomic mass is 16.5. The van der Waals surface area contributed by atoms with Crippen LogP contribution < -0.4 is 4.74 Å². The first-order chi connectivity index (χ1) is 11.6. The van der Waals surface area contributed by atoms with Gasteiger partial charge in [-0.2, -0.15) is 0 Å². The number of aryl methyl sites for hydroxylation is 1. The minimum atomic E-state index is 0.209. The zero-order valence-corrected chi connectivity index (χ0v) is 14.2. The molecule has 1 aliphatic rings. The molecule has 24 heavy (non-hydrogen) atoms. The number of hydrogen-bond donors (Lipinski definition) is 0. The molecular weight excluding hydrogens is 306 g/mol. The Bertz CT molecular complexity index is 683. The number of aromatic nitrogens is 4. The molecule has 1 aromatic heterocycles. The summed E-state index contributed by atoms with van der Waals surface area (Å²) < 4.78 is 7.24. The number of ether oxygens (including phenoxy) is 1. The summed E-state index contributed by atoms with van der Waals surface area (Å²) in [5.41, 5.74) is 1.01. The van der Waals surface area contributed by atoms with E-state index in [0.717, 1.165) is 30.7 Å². The monoisotopic (exact) mass is 329 g/mol. The Labute approximate surface area is 141 Å². The molecule has 0 bridgehead atoms. The molecule has 2 heterocycles. The first-order valence-electron chi connectivity index (χ1n) is 8.36. The zero-order valence-electron chi connectivity index (χ0n) is 14.2. The van der Waals surface area contributed by atoms with Crippen LogP contribution in [0.25, 0.3) is 0 Å². The van der Waals surface area contributed by atoms with E-state index in [4.69, 9.17) is 4.74 Å². The SMILES string of the molecule is C[C@@H]1CCCCN1C(=O)Cc1ccc(OCc2nnnn2C)cc1. The van der Waals surface area contributed by atoms with E-state index in [1.165, 1.54) is 6.42 Å². The number of benzene rings is 1. The first-order valence-corrected chi connectivity index (χ1v) is 8.36. The highest BCUT2D eigenvalue weighted by Gasteiger charge is 2.22. The molecule has 1 atom stereocenters. The Balaban J connectivity index is 1.54. The molecule has 0 saturated carbocycles. The minimum Gasteiger partial charge on any atom is -0.486 e. The Kier molecular flexibility index (Phi) is 5.08. The van der Waals surface area contributed by atoms with Crippen LogP contribution in [-0.2, 0) is 24.9 Å². The maximum absolute atomic E-state index is 12.5. The predicted molar refractivity (Wildman–Crippen MR) is 88.3 cm³/mol. The molecule has 3 rings (SSSR count). The largest absolute Gasteiger partial charge is 0.486 e. The lowest BCUT2D eigenvalue weighted by Gasteiger charge is -2.33. The van der Waals surface area contributed by atoms with Gasteiger partial charge in [0.1, 0.15) is 12.4 Å². The van der Waals surface area contributed by atoms with Crippen molar-refractivity contribution in [1.29, 1.82) is 0 Å². The normalized spacial score (nSPS) is 17.8. The lowest BCUT2D eigenvalue weighted by molar-refractivity contribution is -0.133. The van der Waals surface area contributed by atoms with Crippen molar-refractivity contribution in [2.75, 3.05) is 6.54 Å². The summed E-state index contributed by atoms with van der Waals surface area (Å²) in [7, 11) is 1.77. The Morgan fingerprint density at radius 1 is 1.29 bits per heavy atom. The molecule has 0 radical (unpaired) electrons. The molecule has 128 valence electrons. The number of nitrogens with zero attached hydrogens (tertiary/aromatic N) is 5. The van der Waals surface area contributed by atoms with Crippen LogP contribution in [-0.4, -0.2) is 43.6 Å². The molecule has 0 unspecified atom stereocenters. The molecule has 1 fully saturated rings. The van der Waals surface area contributed by atoms with Gasteiger partial charge in [0.05, 0.1) is 6.42 Å². The molecule has 7 nitrogen and oxygen atoms in total. The van der Waals surface area contributed by atoms with E-state index < -0.39 is 0 Å². The van der Waals surface area contributed by atoms with Crippen LogP contribution in [0.3, 0.4) is 0 Å². The second-order valence-electron chi connectivity index (χ2n) is 6.26. The summed E-state index contributed by atoms with van der Waals surface area (Å²) >= 11 is 0. The molecule has 1 aromatic carbocycles. The van der Waals surface area contributed by atoms with Gasteiger partial charge in [0, 0.05) is 19.6 Å². The highest BCUT2D eigenvalue weighted by Crippen LogP contribution is 2.19. The van der Waals surface area contributed by atoms with Crippen LogP contribution in [0.15, 0.2) is 24.3 Å². The second-order valence-corrected chi connectivity index (χ2v) is 6.26. The molecule has 1 saturated heterocycles. The molecular formula is C17H23N5O2. The molecule has 0 N–H and O–H groups in total. The van der Waals surface area contributed by atoms with E-state index >= 15 is 0 Å². The average Bonchev–Trinajstić information content (AvgIpc) is 2.99. The van der Waals surface area contributed by atoms with Crippen molar-refractivity contribution in [1.82, 2.24) is 25.1 Å². The molecule has 0 spiro atoms. The molecule has 7 heteroatoms. The Morgan fingerprint density at radius 3 is 2.75 bits per heavy atom. The van der Waals surface area contributed by atoms with E-state index in [9.17, 15) is 4.79 Å². The molecule has 0 aliphatic carbocycles. The number of likely N-dealkylation sites (tertiary alicyclic amines) is 1. The van der Waals surface area contributed by atoms with Gasteiger partial charge in [0.15, 0.2) is 5.82 Å². The van der Waals surface area contributed by atoms with Crippen LogP contribution in [0.2, 0.25) is 0 Å². The number of tetrazole rings is 1. The predicted octanol–water partition coefficient (Wildman–Crippen LogP) is 1.73. The van der Waals surface area contributed by atoms with Crippen molar-refractivity contribution >= 4 is 5.91 Å². The van der Waals surface area contributed by atoms with E-state index in [0.29, 0.717) is 24.9 Å². The van der Waals surface area contributed by atoms with Crippen molar-refractivity contribution in [3.63, 3.8) is 0 Å². The zero-order chi connectivity index (χ0) is 16.9. The van der Waals surface area contributed by atoms with Gasteiger partial charge in [-0.05, 0) is 54.3 Å². The minimum absolute atomic E-state index is 0.209. The van der Waals surface area contributed by atoms with Crippen molar-refractivity contribution in [3.8, 4) is 5.75 Å². The fourth-order valence-electron chi connectivity index (χ4n) is 2.97. The third-order valence-corrected chi connectivity index (χ3v) is 4.48. The molecule has 1 aliphatic heterocycles. The topological polar surface area (TPSA) is 73.1 Å². The van der Waals surface area contributed by atoms with E-state index in [1.807, 2.05) is 29.2 Å². The summed E-state index contributed by atoms with van der Waals surface area (Å²) in [6, 6.07) is 8.00. The third kappa shape index (κ3) is 3.90. The van der Waals surface area contributed by atoms with Crippen LogP contribution in [0.5, 0.6) is 5.75 Å².